The normalized spacial score (nSPS) is 12.1. The fraction of sp³-hybridized carbons (Fsp3) is 0.333. The first-order valence-corrected chi connectivity index (χ1v) is 13.6. The standard InChI is InChI=1S/C33H39NO5/c1-5-34(28-20-22-29(37-4)23-21-28)33(32(36)39-7-3,24-14-19-31(35)38-6-2)25-30(26-15-10-8-11-16-26)27-17-12-9-13-18-27/h8-13,15-18,20-23,25H,5-7,14,19,24H2,1-4H3. The molecule has 0 saturated heterocycles. The van der Waals surface area contributed by atoms with Crippen LogP contribution in [0.2, 0.25) is 0 Å². The van der Waals surface area contributed by atoms with E-state index in [1.807, 2.05) is 105 Å². The number of carbonyl (C=O) groups excluding carboxylic acids is 2. The summed E-state index contributed by atoms with van der Waals surface area (Å²) in [6.07, 6.45) is 3.02. The van der Waals surface area contributed by atoms with Gasteiger partial charge in [0.1, 0.15) is 5.75 Å². The molecule has 0 heterocycles. The summed E-state index contributed by atoms with van der Waals surface area (Å²) in [7, 11) is 1.62. The highest BCUT2D eigenvalue weighted by molar-refractivity contribution is 5.93. The predicted molar refractivity (Wildman–Crippen MR) is 156 cm³/mol. The van der Waals surface area contributed by atoms with E-state index in [9.17, 15) is 9.59 Å². The molecule has 0 aliphatic carbocycles. The Labute approximate surface area is 232 Å². The summed E-state index contributed by atoms with van der Waals surface area (Å²) in [5.41, 5.74) is 2.51. The number of rotatable bonds is 14. The molecular formula is C33H39NO5. The third-order valence-electron chi connectivity index (χ3n) is 6.61. The summed E-state index contributed by atoms with van der Waals surface area (Å²) >= 11 is 0. The van der Waals surface area contributed by atoms with Crippen molar-refractivity contribution in [3.05, 3.63) is 102 Å². The average Bonchev–Trinajstić information content (AvgIpc) is 2.97. The van der Waals surface area contributed by atoms with Gasteiger partial charge in [-0.15, -0.1) is 0 Å². The third-order valence-corrected chi connectivity index (χ3v) is 6.61. The van der Waals surface area contributed by atoms with Gasteiger partial charge in [0.2, 0.25) is 0 Å². The van der Waals surface area contributed by atoms with Gasteiger partial charge in [-0.25, -0.2) is 4.79 Å². The SMILES string of the molecule is CCOC(=O)CCCC(C=C(c1ccccc1)c1ccccc1)(C(=O)OCC)N(CC)c1ccc(OC)cc1. The molecule has 1 atom stereocenters. The second kappa shape index (κ2) is 14.8. The van der Waals surface area contributed by atoms with Gasteiger partial charge in [0.15, 0.2) is 5.54 Å². The number of anilines is 1. The highest BCUT2D eigenvalue weighted by atomic mass is 16.5. The van der Waals surface area contributed by atoms with E-state index in [1.54, 1.807) is 14.0 Å². The largest absolute Gasteiger partial charge is 0.497 e. The van der Waals surface area contributed by atoms with Crippen molar-refractivity contribution < 1.29 is 23.8 Å². The first kappa shape index (κ1) is 29.5. The quantitative estimate of drug-likeness (QED) is 0.217. The summed E-state index contributed by atoms with van der Waals surface area (Å²) in [6, 6.07) is 27.7. The van der Waals surface area contributed by atoms with Gasteiger partial charge >= 0.3 is 11.9 Å². The molecule has 0 N–H and O–H groups in total. The Bertz CT molecular complexity index is 1170. The molecule has 206 valence electrons. The smallest absolute Gasteiger partial charge is 0.336 e. The lowest BCUT2D eigenvalue weighted by Crippen LogP contribution is -2.55. The second-order valence-corrected chi connectivity index (χ2v) is 9.04. The Hall–Kier alpha value is -4.06. The number of hydrogen-bond donors (Lipinski definition) is 0. The summed E-state index contributed by atoms with van der Waals surface area (Å²) in [5, 5.41) is 0. The number of nitrogens with zero attached hydrogens (tertiary/aromatic N) is 1. The van der Waals surface area contributed by atoms with E-state index in [0.717, 1.165) is 28.1 Å². The second-order valence-electron chi connectivity index (χ2n) is 9.04. The fourth-order valence-corrected chi connectivity index (χ4v) is 4.81. The van der Waals surface area contributed by atoms with Crippen molar-refractivity contribution in [1.82, 2.24) is 0 Å². The Balaban J connectivity index is 2.26. The van der Waals surface area contributed by atoms with Gasteiger partial charge in [0.05, 0.1) is 20.3 Å². The van der Waals surface area contributed by atoms with Crippen LogP contribution in [0.1, 0.15) is 51.2 Å². The average molecular weight is 530 g/mol. The maximum Gasteiger partial charge on any atom is 0.336 e. The van der Waals surface area contributed by atoms with Crippen LogP contribution >= 0.6 is 0 Å². The van der Waals surface area contributed by atoms with Crippen LogP contribution in [-0.2, 0) is 19.1 Å². The van der Waals surface area contributed by atoms with Gasteiger partial charge in [0, 0.05) is 18.7 Å². The Morgan fingerprint density at radius 3 is 1.85 bits per heavy atom. The van der Waals surface area contributed by atoms with E-state index in [4.69, 9.17) is 14.2 Å². The molecule has 0 fully saturated rings. The van der Waals surface area contributed by atoms with Crippen LogP contribution in [0.15, 0.2) is 91.0 Å². The third kappa shape index (κ3) is 7.50. The minimum atomic E-state index is -1.20. The summed E-state index contributed by atoms with van der Waals surface area (Å²) in [4.78, 5) is 28.5. The maximum atomic E-state index is 14.1. The molecule has 0 spiro atoms. The lowest BCUT2D eigenvalue weighted by Gasteiger charge is -2.42. The van der Waals surface area contributed by atoms with E-state index in [1.165, 1.54) is 0 Å². The van der Waals surface area contributed by atoms with Gasteiger partial charge in [-0.05, 0) is 80.7 Å². The van der Waals surface area contributed by atoms with Crippen LogP contribution < -0.4 is 9.64 Å². The van der Waals surface area contributed by atoms with Crippen LogP contribution in [0.25, 0.3) is 5.57 Å². The van der Waals surface area contributed by atoms with Crippen molar-refractivity contribution in [2.24, 2.45) is 0 Å². The van der Waals surface area contributed by atoms with Crippen LogP contribution in [-0.4, -0.2) is 44.3 Å². The van der Waals surface area contributed by atoms with Gasteiger partial charge in [0.25, 0.3) is 0 Å². The molecule has 0 radical (unpaired) electrons. The molecular weight excluding hydrogens is 490 g/mol. The molecule has 0 amide bonds. The number of methoxy groups -OCH3 is 1. The van der Waals surface area contributed by atoms with Crippen LogP contribution in [0.3, 0.4) is 0 Å². The molecule has 3 aromatic carbocycles. The van der Waals surface area contributed by atoms with Gasteiger partial charge in [-0.2, -0.15) is 0 Å². The summed E-state index contributed by atoms with van der Waals surface area (Å²) in [5.74, 6) is 0.0811. The lowest BCUT2D eigenvalue weighted by molar-refractivity contribution is -0.149. The molecule has 39 heavy (non-hydrogen) atoms. The first-order chi connectivity index (χ1) is 19.0. The molecule has 0 bridgehead atoms. The van der Waals surface area contributed by atoms with Crippen molar-refractivity contribution in [1.29, 1.82) is 0 Å². The Morgan fingerprint density at radius 2 is 1.36 bits per heavy atom. The topological polar surface area (TPSA) is 65.1 Å². The first-order valence-electron chi connectivity index (χ1n) is 13.6. The molecule has 0 aromatic heterocycles. The minimum absolute atomic E-state index is 0.203. The molecule has 1 unspecified atom stereocenters. The monoisotopic (exact) mass is 529 g/mol. The minimum Gasteiger partial charge on any atom is -0.497 e. The van der Waals surface area contributed by atoms with Gasteiger partial charge < -0.3 is 19.1 Å². The van der Waals surface area contributed by atoms with Crippen molar-refractivity contribution in [3.63, 3.8) is 0 Å². The number of esters is 2. The zero-order valence-electron chi connectivity index (χ0n) is 23.4. The van der Waals surface area contributed by atoms with Crippen molar-refractivity contribution >= 4 is 23.2 Å². The van der Waals surface area contributed by atoms with Crippen LogP contribution in [0, 0.1) is 0 Å². The van der Waals surface area contributed by atoms with Crippen molar-refractivity contribution in [2.75, 3.05) is 31.8 Å². The van der Waals surface area contributed by atoms with Crippen molar-refractivity contribution in [2.45, 2.75) is 45.6 Å². The number of ether oxygens (including phenoxy) is 3. The van der Waals surface area contributed by atoms with Gasteiger partial charge in [-0.3, -0.25) is 4.79 Å². The molecule has 0 aliphatic heterocycles. The lowest BCUT2D eigenvalue weighted by atomic mass is 9.84. The fourth-order valence-electron chi connectivity index (χ4n) is 4.81. The van der Waals surface area contributed by atoms with E-state index in [0.29, 0.717) is 26.0 Å². The highest BCUT2D eigenvalue weighted by Gasteiger charge is 2.44. The number of hydrogen-bond acceptors (Lipinski definition) is 6. The van der Waals surface area contributed by atoms with Crippen molar-refractivity contribution in [3.8, 4) is 5.75 Å². The maximum absolute atomic E-state index is 14.1. The van der Waals surface area contributed by atoms with E-state index < -0.39 is 5.54 Å². The molecule has 0 aliphatic rings. The summed E-state index contributed by atoms with van der Waals surface area (Å²) < 4.78 is 16.3. The molecule has 6 nitrogen and oxygen atoms in total. The highest BCUT2D eigenvalue weighted by Crippen LogP contribution is 2.37. The molecule has 0 saturated carbocycles. The van der Waals surface area contributed by atoms with Crippen LogP contribution in [0.5, 0.6) is 5.75 Å². The Morgan fingerprint density at radius 1 is 0.795 bits per heavy atom. The molecule has 3 aromatic rings. The van der Waals surface area contributed by atoms with E-state index in [2.05, 4.69) is 4.90 Å². The van der Waals surface area contributed by atoms with E-state index >= 15 is 0 Å². The van der Waals surface area contributed by atoms with E-state index in [-0.39, 0.29) is 25.0 Å². The summed E-state index contributed by atoms with van der Waals surface area (Å²) in [6.45, 7) is 6.70. The number of carbonyl (C=O) groups is 2. The predicted octanol–water partition coefficient (Wildman–Crippen LogP) is 6.69. The molecule has 6 heteroatoms. The van der Waals surface area contributed by atoms with Crippen LogP contribution in [0.4, 0.5) is 5.69 Å². The number of benzene rings is 3. The molecule has 3 rings (SSSR count). The zero-order chi connectivity index (χ0) is 28.1. The van der Waals surface area contributed by atoms with Gasteiger partial charge in [-0.1, -0.05) is 60.7 Å². The number of likely N-dealkylation sites (N-methyl/N-ethyl adjacent to an activating group) is 1. The Kier molecular flexibility index (Phi) is 11.2. The zero-order valence-corrected chi connectivity index (χ0v) is 23.4.